The molecule has 2 rings (SSSR count). The van der Waals surface area contributed by atoms with Crippen LogP contribution in [0.5, 0.6) is 0 Å². The van der Waals surface area contributed by atoms with Crippen molar-refractivity contribution in [2.75, 3.05) is 26.2 Å². The van der Waals surface area contributed by atoms with Crippen molar-refractivity contribution in [1.29, 1.82) is 0 Å². The summed E-state index contributed by atoms with van der Waals surface area (Å²) in [7, 11) is 0. The fourth-order valence-corrected chi connectivity index (χ4v) is 2.87. The normalized spacial score (nSPS) is 20.1. The van der Waals surface area contributed by atoms with Crippen LogP contribution in [-0.4, -0.2) is 59.7 Å². The van der Waals surface area contributed by atoms with Gasteiger partial charge in [-0.2, -0.15) is 0 Å². The van der Waals surface area contributed by atoms with Crippen LogP contribution in [-0.2, 0) is 14.4 Å². The van der Waals surface area contributed by atoms with E-state index in [1.165, 1.54) is 6.92 Å². The molecular formula is C14H23N3O3. The number of nitrogens with zero attached hydrogens (tertiary/aromatic N) is 2. The second-order valence-corrected chi connectivity index (χ2v) is 5.61. The van der Waals surface area contributed by atoms with Crippen molar-refractivity contribution in [3.63, 3.8) is 0 Å². The van der Waals surface area contributed by atoms with Gasteiger partial charge >= 0.3 is 0 Å². The third kappa shape index (κ3) is 3.95. The van der Waals surface area contributed by atoms with Gasteiger partial charge in [-0.15, -0.1) is 0 Å². The van der Waals surface area contributed by atoms with Crippen LogP contribution < -0.4 is 5.32 Å². The van der Waals surface area contributed by atoms with Crippen LogP contribution >= 0.6 is 0 Å². The molecule has 20 heavy (non-hydrogen) atoms. The number of rotatable bonds is 3. The van der Waals surface area contributed by atoms with Gasteiger partial charge in [0.1, 0.15) is 6.42 Å². The standard InChI is InChI=1S/C14H23N3O3/c1-11(18)16-6-8-17(9-7-16)14(20)10-13(19)15-12-4-2-3-5-12/h12H,2-10H2,1H3,(H,15,19). The van der Waals surface area contributed by atoms with Crippen molar-refractivity contribution in [3.05, 3.63) is 0 Å². The molecule has 2 aliphatic rings. The van der Waals surface area contributed by atoms with E-state index in [-0.39, 0.29) is 30.2 Å². The zero-order chi connectivity index (χ0) is 14.5. The highest BCUT2D eigenvalue weighted by atomic mass is 16.2. The molecule has 1 aliphatic heterocycles. The molecule has 6 heteroatoms. The summed E-state index contributed by atoms with van der Waals surface area (Å²) in [4.78, 5) is 38.4. The van der Waals surface area contributed by atoms with Crippen LogP contribution in [0.2, 0.25) is 0 Å². The van der Waals surface area contributed by atoms with Crippen LogP contribution in [0.15, 0.2) is 0 Å². The molecule has 0 aromatic carbocycles. The molecule has 0 aromatic rings. The van der Waals surface area contributed by atoms with Gasteiger partial charge in [-0.3, -0.25) is 14.4 Å². The van der Waals surface area contributed by atoms with E-state index in [0.717, 1.165) is 25.7 Å². The number of carbonyl (C=O) groups excluding carboxylic acids is 3. The zero-order valence-corrected chi connectivity index (χ0v) is 12.1. The van der Waals surface area contributed by atoms with Crippen LogP contribution in [0.3, 0.4) is 0 Å². The van der Waals surface area contributed by atoms with Gasteiger partial charge in [0, 0.05) is 39.1 Å². The van der Waals surface area contributed by atoms with Gasteiger partial charge in [-0.25, -0.2) is 0 Å². The molecule has 0 atom stereocenters. The number of nitrogens with one attached hydrogen (secondary N) is 1. The first-order chi connectivity index (χ1) is 9.56. The van der Waals surface area contributed by atoms with Crippen molar-refractivity contribution in [1.82, 2.24) is 15.1 Å². The SMILES string of the molecule is CC(=O)N1CCN(C(=O)CC(=O)NC2CCCC2)CC1. The average Bonchev–Trinajstić information content (AvgIpc) is 2.91. The highest BCUT2D eigenvalue weighted by Crippen LogP contribution is 2.17. The summed E-state index contributed by atoms with van der Waals surface area (Å²) >= 11 is 0. The number of carbonyl (C=O) groups is 3. The molecule has 1 heterocycles. The second kappa shape index (κ2) is 6.72. The molecule has 3 amide bonds. The largest absolute Gasteiger partial charge is 0.353 e. The third-order valence-corrected chi connectivity index (χ3v) is 4.11. The predicted octanol–water partition coefficient (Wildman–Crippen LogP) is 0.126. The van der Waals surface area contributed by atoms with Crippen LogP contribution in [0.25, 0.3) is 0 Å². The van der Waals surface area contributed by atoms with Gasteiger partial charge in [-0.05, 0) is 12.8 Å². The van der Waals surface area contributed by atoms with E-state index in [4.69, 9.17) is 0 Å². The van der Waals surface area contributed by atoms with Crippen LogP contribution in [0.1, 0.15) is 39.0 Å². The van der Waals surface area contributed by atoms with Crippen LogP contribution in [0.4, 0.5) is 0 Å². The molecule has 0 spiro atoms. The summed E-state index contributed by atoms with van der Waals surface area (Å²) in [5, 5.41) is 2.92. The number of piperazine rings is 1. The fourth-order valence-electron chi connectivity index (χ4n) is 2.87. The molecule has 0 unspecified atom stereocenters. The van der Waals surface area contributed by atoms with E-state index < -0.39 is 0 Å². The zero-order valence-electron chi connectivity index (χ0n) is 12.1. The Hall–Kier alpha value is -1.59. The van der Waals surface area contributed by atoms with Gasteiger partial charge in [0.05, 0.1) is 0 Å². The highest BCUT2D eigenvalue weighted by molar-refractivity contribution is 5.97. The summed E-state index contributed by atoms with van der Waals surface area (Å²) in [6, 6.07) is 0.255. The van der Waals surface area contributed by atoms with Crippen LogP contribution in [0, 0.1) is 0 Å². The maximum absolute atomic E-state index is 12.0. The summed E-state index contributed by atoms with van der Waals surface area (Å²) in [5.74, 6) is -0.268. The van der Waals surface area contributed by atoms with Crippen molar-refractivity contribution >= 4 is 17.7 Å². The highest BCUT2D eigenvalue weighted by Gasteiger charge is 2.25. The summed E-state index contributed by atoms with van der Waals surface area (Å²) in [6.45, 7) is 3.70. The molecule has 1 saturated heterocycles. The first-order valence-electron chi connectivity index (χ1n) is 7.39. The summed E-state index contributed by atoms with van der Waals surface area (Å²) in [6.07, 6.45) is 4.29. The molecule has 2 fully saturated rings. The van der Waals surface area contributed by atoms with Crippen molar-refractivity contribution in [2.24, 2.45) is 0 Å². The number of hydrogen-bond acceptors (Lipinski definition) is 3. The van der Waals surface area contributed by atoms with Gasteiger partial charge in [0.15, 0.2) is 0 Å². The molecule has 0 radical (unpaired) electrons. The maximum atomic E-state index is 12.0. The summed E-state index contributed by atoms with van der Waals surface area (Å²) in [5.41, 5.74) is 0. The Morgan fingerprint density at radius 2 is 1.55 bits per heavy atom. The lowest BCUT2D eigenvalue weighted by Crippen LogP contribution is -2.51. The van der Waals surface area contributed by atoms with E-state index in [1.807, 2.05) is 0 Å². The lowest BCUT2D eigenvalue weighted by Gasteiger charge is -2.34. The molecule has 112 valence electrons. The lowest BCUT2D eigenvalue weighted by molar-refractivity contribution is -0.141. The third-order valence-electron chi connectivity index (χ3n) is 4.11. The van der Waals surface area contributed by atoms with E-state index in [2.05, 4.69) is 5.32 Å². The van der Waals surface area contributed by atoms with E-state index in [1.54, 1.807) is 9.80 Å². The lowest BCUT2D eigenvalue weighted by atomic mass is 10.2. The van der Waals surface area contributed by atoms with Gasteiger partial charge in [-0.1, -0.05) is 12.8 Å². The van der Waals surface area contributed by atoms with Crippen molar-refractivity contribution < 1.29 is 14.4 Å². The topological polar surface area (TPSA) is 69.7 Å². The Morgan fingerprint density at radius 1 is 1.00 bits per heavy atom. The number of hydrogen-bond donors (Lipinski definition) is 1. The minimum Gasteiger partial charge on any atom is -0.353 e. The molecule has 0 bridgehead atoms. The molecule has 6 nitrogen and oxygen atoms in total. The van der Waals surface area contributed by atoms with Gasteiger partial charge in [0.25, 0.3) is 0 Å². The minimum atomic E-state index is -0.170. The first kappa shape index (κ1) is 14.8. The van der Waals surface area contributed by atoms with Crippen molar-refractivity contribution in [2.45, 2.75) is 45.1 Å². The van der Waals surface area contributed by atoms with E-state index in [9.17, 15) is 14.4 Å². The quantitative estimate of drug-likeness (QED) is 0.747. The van der Waals surface area contributed by atoms with E-state index in [0.29, 0.717) is 26.2 Å². The first-order valence-corrected chi connectivity index (χ1v) is 7.39. The number of amides is 3. The Balaban J connectivity index is 1.72. The minimum absolute atomic E-state index is 0.0380. The molecule has 1 aliphatic carbocycles. The predicted molar refractivity (Wildman–Crippen MR) is 73.8 cm³/mol. The summed E-state index contributed by atoms with van der Waals surface area (Å²) < 4.78 is 0. The Labute approximate surface area is 119 Å². The Morgan fingerprint density at radius 3 is 2.10 bits per heavy atom. The van der Waals surface area contributed by atoms with E-state index >= 15 is 0 Å². The molecular weight excluding hydrogens is 258 g/mol. The smallest absolute Gasteiger partial charge is 0.232 e. The monoisotopic (exact) mass is 281 g/mol. The van der Waals surface area contributed by atoms with Gasteiger partial charge in [0.2, 0.25) is 17.7 Å². The molecule has 0 aromatic heterocycles. The Kier molecular flexibility index (Phi) is 4.98. The molecule has 1 N–H and O–H groups in total. The fraction of sp³-hybridized carbons (Fsp3) is 0.786. The average molecular weight is 281 g/mol. The second-order valence-electron chi connectivity index (χ2n) is 5.61. The van der Waals surface area contributed by atoms with Gasteiger partial charge < -0.3 is 15.1 Å². The van der Waals surface area contributed by atoms with Crippen molar-refractivity contribution in [3.8, 4) is 0 Å². The Bertz CT molecular complexity index is 383. The maximum Gasteiger partial charge on any atom is 0.232 e. The molecule has 1 saturated carbocycles.